The Kier molecular flexibility index (Phi) is 4.66. The van der Waals surface area contributed by atoms with Crippen LogP contribution in [0.1, 0.15) is 49.8 Å². The lowest BCUT2D eigenvalue weighted by molar-refractivity contribution is 0.398. The highest BCUT2D eigenvalue weighted by Crippen LogP contribution is 2.34. The van der Waals surface area contributed by atoms with Gasteiger partial charge in [0.2, 0.25) is 0 Å². The van der Waals surface area contributed by atoms with Crippen molar-refractivity contribution in [3.63, 3.8) is 0 Å². The van der Waals surface area contributed by atoms with Gasteiger partial charge in [-0.15, -0.1) is 0 Å². The molecular weight excluding hydrogens is 200 g/mol. The number of unbranched alkanes of at least 4 members (excludes halogenated alkanes) is 2. The van der Waals surface area contributed by atoms with Gasteiger partial charge < -0.3 is 10.2 Å². The molecule has 0 bridgehead atoms. The van der Waals surface area contributed by atoms with Crippen LogP contribution in [0, 0.1) is 6.92 Å². The molecule has 0 aromatic heterocycles. The summed E-state index contributed by atoms with van der Waals surface area (Å²) in [7, 11) is 0. The fourth-order valence-corrected chi connectivity index (χ4v) is 2.13. The predicted molar refractivity (Wildman–Crippen MR) is 67.1 cm³/mol. The lowest BCUT2D eigenvalue weighted by atomic mass is 9.95. The molecule has 2 nitrogen and oxygen atoms in total. The van der Waals surface area contributed by atoms with Crippen LogP contribution in [0.4, 0.5) is 0 Å². The molecule has 0 atom stereocenters. The SMILES string of the molecule is CCCCCc1cc(O)c(O)c(CC)c1C. The maximum atomic E-state index is 9.72. The standard InChI is InChI=1S/C14H22O2/c1-4-6-7-8-11-9-13(15)14(16)12(5-2)10(11)3/h9,15-16H,4-8H2,1-3H3. The van der Waals surface area contributed by atoms with Crippen molar-refractivity contribution in [1.82, 2.24) is 0 Å². The van der Waals surface area contributed by atoms with E-state index in [-0.39, 0.29) is 11.5 Å². The van der Waals surface area contributed by atoms with E-state index in [0.717, 1.165) is 30.4 Å². The second-order valence-corrected chi connectivity index (χ2v) is 4.32. The average Bonchev–Trinajstić information content (AvgIpc) is 2.26. The van der Waals surface area contributed by atoms with E-state index in [4.69, 9.17) is 0 Å². The largest absolute Gasteiger partial charge is 0.504 e. The van der Waals surface area contributed by atoms with Crippen molar-refractivity contribution in [2.24, 2.45) is 0 Å². The van der Waals surface area contributed by atoms with Crippen LogP contribution in [0.15, 0.2) is 6.07 Å². The zero-order valence-corrected chi connectivity index (χ0v) is 10.5. The van der Waals surface area contributed by atoms with E-state index in [9.17, 15) is 10.2 Å². The quantitative estimate of drug-likeness (QED) is 0.589. The molecule has 0 spiro atoms. The predicted octanol–water partition coefficient (Wildman–Crippen LogP) is 3.70. The van der Waals surface area contributed by atoms with Gasteiger partial charge in [-0.05, 0) is 43.4 Å². The number of hydrogen-bond donors (Lipinski definition) is 2. The molecule has 0 unspecified atom stereocenters. The first-order chi connectivity index (χ1) is 7.61. The molecule has 2 N–H and O–H groups in total. The summed E-state index contributed by atoms with van der Waals surface area (Å²) >= 11 is 0. The van der Waals surface area contributed by atoms with Crippen molar-refractivity contribution in [3.05, 3.63) is 22.8 Å². The van der Waals surface area contributed by atoms with Gasteiger partial charge in [-0.25, -0.2) is 0 Å². The van der Waals surface area contributed by atoms with Crippen molar-refractivity contribution in [2.75, 3.05) is 0 Å². The topological polar surface area (TPSA) is 40.5 Å². The van der Waals surface area contributed by atoms with Gasteiger partial charge in [0, 0.05) is 5.56 Å². The molecule has 0 heterocycles. The Bertz CT molecular complexity index is 356. The van der Waals surface area contributed by atoms with E-state index in [1.807, 2.05) is 13.8 Å². The number of benzene rings is 1. The minimum absolute atomic E-state index is 0.0222. The molecular formula is C14H22O2. The number of phenolic OH excluding ortho intramolecular Hbond substituents is 2. The summed E-state index contributed by atoms with van der Waals surface area (Å²) in [6.45, 7) is 6.20. The Labute approximate surface area is 97.9 Å². The van der Waals surface area contributed by atoms with Gasteiger partial charge in [0.1, 0.15) is 0 Å². The smallest absolute Gasteiger partial charge is 0.160 e. The second kappa shape index (κ2) is 5.78. The number of aryl methyl sites for hydroxylation is 1. The third kappa shape index (κ3) is 2.69. The van der Waals surface area contributed by atoms with Crippen LogP contribution in [0.3, 0.4) is 0 Å². The zero-order valence-electron chi connectivity index (χ0n) is 10.5. The maximum absolute atomic E-state index is 9.72. The summed E-state index contributed by atoms with van der Waals surface area (Å²) in [5.41, 5.74) is 3.18. The molecule has 0 fully saturated rings. The zero-order chi connectivity index (χ0) is 12.1. The Morgan fingerprint density at radius 3 is 2.38 bits per heavy atom. The molecule has 1 aromatic carbocycles. The number of rotatable bonds is 5. The van der Waals surface area contributed by atoms with Crippen molar-refractivity contribution in [2.45, 2.75) is 52.9 Å². The van der Waals surface area contributed by atoms with Crippen LogP contribution in [0.5, 0.6) is 11.5 Å². The van der Waals surface area contributed by atoms with Gasteiger partial charge in [-0.3, -0.25) is 0 Å². The molecule has 0 radical (unpaired) electrons. The molecule has 0 aliphatic rings. The molecule has 1 aromatic rings. The highest BCUT2D eigenvalue weighted by atomic mass is 16.3. The number of phenols is 2. The summed E-state index contributed by atoms with van der Waals surface area (Å²) in [6.07, 6.45) is 5.30. The first-order valence-corrected chi connectivity index (χ1v) is 6.15. The van der Waals surface area contributed by atoms with Crippen molar-refractivity contribution < 1.29 is 10.2 Å². The summed E-state index contributed by atoms with van der Waals surface area (Å²) in [5.74, 6) is 0.0770. The first kappa shape index (κ1) is 12.9. The van der Waals surface area contributed by atoms with Gasteiger partial charge in [0.05, 0.1) is 0 Å². The van der Waals surface area contributed by atoms with Crippen molar-refractivity contribution in [3.8, 4) is 11.5 Å². The lowest BCUT2D eigenvalue weighted by Crippen LogP contribution is -1.96. The highest BCUT2D eigenvalue weighted by molar-refractivity contribution is 5.52. The van der Waals surface area contributed by atoms with Crippen LogP contribution >= 0.6 is 0 Å². The van der Waals surface area contributed by atoms with E-state index in [2.05, 4.69) is 6.92 Å². The lowest BCUT2D eigenvalue weighted by Gasteiger charge is -2.13. The Morgan fingerprint density at radius 1 is 1.12 bits per heavy atom. The van der Waals surface area contributed by atoms with Gasteiger partial charge in [0.15, 0.2) is 11.5 Å². The Morgan fingerprint density at radius 2 is 1.81 bits per heavy atom. The maximum Gasteiger partial charge on any atom is 0.160 e. The van der Waals surface area contributed by atoms with Gasteiger partial charge in [-0.1, -0.05) is 26.7 Å². The van der Waals surface area contributed by atoms with E-state index < -0.39 is 0 Å². The van der Waals surface area contributed by atoms with Crippen molar-refractivity contribution in [1.29, 1.82) is 0 Å². The van der Waals surface area contributed by atoms with Crippen LogP contribution in [0.2, 0.25) is 0 Å². The fourth-order valence-electron chi connectivity index (χ4n) is 2.13. The molecule has 16 heavy (non-hydrogen) atoms. The molecule has 0 saturated heterocycles. The summed E-state index contributed by atoms with van der Waals surface area (Å²) in [5, 5.41) is 19.4. The van der Waals surface area contributed by atoms with Crippen LogP contribution < -0.4 is 0 Å². The second-order valence-electron chi connectivity index (χ2n) is 4.32. The number of hydrogen-bond acceptors (Lipinski definition) is 2. The van der Waals surface area contributed by atoms with E-state index in [1.54, 1.807) is 6.07 Å². The van der Waals surface area contributed by atoms with Gasteiger partial charge >= 0.3 is 0 Å². The first-order valence-electron chi connectivity index (χ1n) is 6.15. The molecule has 0 saturated carbocycles. The van der Waals surface area contributed by atoms with E-state index >= 15 is 0 Å². The Hall–Kier alpha value is -1.18. The third-order valence-electron chi connectivity index (χ3n) is 3.18. The number of aromatic hydroxyl groups is 2. The minimum Gasteiger partial charge on any atom is -0.504 e. The summed E-state index contributed by atoms with van der Waals surface area (Å²) in [6, 6.07) is 1.71. The molecule has 0 amide bonds. The van der Waals surface area contributed by atoms with Crippen molar-refractivity contribution >= 4 is 0 Å². The third-order valence-corrected chi connectivity index (χ3v) is 3.18. The van der Waals surface area contributed by atoms with E-state index in [1.165, 1.54) is 18.4 Å². The summed E-state index contributed by atoms with van der Waals surface area (Å²) in [4.78, 5) is 0. The molecule has 2 heteroatoms. The monoisotopic (exact) mass is 222 g/mol. The van der Waals surface area contributed by atoms with E-state index in [0.29, 0.717) is 0 Å². The average molecular weight is 222 g/mol. The van der Waals surface area contributed by atoms with Crippen LogP contribution in [-0.4, -0.2) is 10.2 Å². The molecule has 0 aliphatic carbocycles. The van der Waals surface area contributed by atoms with Crippen LogP contribution in [0.25, 0.3) is 0 Å². The molecule has 0 aliphatic heterocycles. The highest BCUT2D eigenvalue weighted by Gasteiger charge is 2.12. The fraction of sp³-hybridized carbons (Fsp3) is 0.571. The Balaban J connectivity index is 2.96. The summed E-state index contributed by atoms with van der Waals surface area (Å²) < 4.78 is 0. The molecule has 1 rings (SSSR count). The van der Waals surface area contributed by atoms with Crippen LogP contribution in [-0.2, 0) is 12.8 Å². The van der Waals surface area contributed by atoms with Gasteiger partial charge in [-0.2, -0.15) is 0 Å². The molecule has 90 valence electrons. The van der Waals surface area contributed by atoms with Gasteiger partial charge in [0.25, 0.3) is 0 Å². The normalized spacial score (nSPS) is 10.7. The minimum atomic E-state index is 0.0222.